The quantitative estimate of drug-likeness (QED) is 0.536. The van der Waals surface area contributed by atoms with E-state index < -0.39 is 0 Å². The Balaban J connectivity index is 3.89. The lowest BCUT2D eigenvalue weighted by atomic mass is 10.3. The largest absolute Gasteiger partial charge is 0.0847 e. The van der Waals surface area contributed by atoms with Gasteiger partial charge in [0.05, 0.1) is 0 Å². The molecular formula is C7H11Br. The van der Waals surface area contributed by atoms with E-state index in [1.54, 1.807) is 0 Å². The Bertz CT molecular complexity index is 116. The molecule has 0 aliphatic rings. The first-order valence-electron chi connectivity index (χ1n) is 2.63. The molecule has 0 bridgehead atoms. The van der Waals surface area contributed by atoms with Gasteiger partial charge < -0.3 is 0 Å². The van der Waals surface area contributed by atoms with Gasteiger partial charge in [-0.25, -0.2) is 0 Å². The highest BCUT2D eigenvalue weighted by atomic mass is 79.9. The molecule has 0 unspecified atom stereocenters. The normalized spacial score (nSPS) is 14.5. The van der Waals surface area contributed by atoms with Crippen LogP contribution in [-0.4, -0.2) is 0 Å². The lowest BCUT2D eigenvalue weighted by Crippen LogP contribution is -1.64. The van der Waals surface area contributed by atoms with Gasteiger partial charge >= 0.3 is 0 Å². The van der Waals surface area contributed by atoms with Crippen LogP contribution in [0.2, 0.25) is 0 Å². The Morgan fingerprint density at radius 2 is 1.88 bits per heavy atom. The van der Waals surface area contributed by atoms with Crippen molar-refractivity contribution >= 4 is 15.9 Å². The number of halogens is 1. The number of allylic oxidation sites excluding steroid dienone is 4. The Labute approximate surface area is 59.4 Å². The number of hydrogen-bond donors (Lipinski definition) is 0. The molecule has 0 aliphatic heterocycles. The molecule has 0 spiro atoms. The second-order valence-corrected chi connectivity index (χ2v) is 3.01. The average molecular weight is 175 g/mol. The minimum atomic E-state index is 1.17. The van der Waals surface area contributed by atoms with Crippen LogP contribution in [-0.2, 0) is 0 Å². The molecule has 0 saturated heterocycles. The van der Waals surface area contributed by atoms with Crippen LogP contribution >= 0.6 is 15.9 Å². The van der Waals surface area contributed by atoms with Crippen molar-refractivity contribution in [2.75, 3.05) is 0 Å². The standard InChI is InChI=1S/C7H11Br/c1-4-6(2)5-7(3)8/h4-5H,1-3H3. The summed E-state index contributed by atoms with van der Waals surface area (Å²) in [6.45, 7) is 6.12. The molecular weight excluding hydrogens is 164 g/mol. The molecule has 0 atom stereocenters. The maximum Gasteiger partial charge on any atom is -0.00779 e. The van der Waals surface area contributed by atoms with Crippen molar-refractivity contribution in [1.82, 2.24) is 0 Å². The zero-order valence-corrected chi connectivity index (χ0v) is 7.12. The molecule has 0 aliphatic carbocycles. The van der Waals surface area contributed by atoms with E-state index in [-0.39, 0.29) is 0 Å². The molecule has 0 aromatic rings. The predicted octanol–water partition coefficient (Wildman–Crippen LogP) is 3.25. The van der Waals surface area contributed by atoms with Gasteiger partial charge in [0, 0.05) is 0 Å². The van der Waals surface area contributed by atoms with E-state index in [2.05, 4.69) is 35.0 Å². The Morgan fingerprint density at radius 3 is 2.00 bits per heavy atom. The average Bonchev–Trinajstić information content (AvgIpc) is 1.65. The number of hydrogen-bond acceptors (Lipinski definition) is 0. The van der Waals surface area contributed by atoms with Crippen LogP contribution < -0.4 is 0 Å². The Morgan fingerprint density at radius 1 is 1.38 bits per heavy atom. The molecule has 0 radical (unpaired) electrons. The highest BCUT2D eigenvalue weighted by Gasteiger charge is 1.78. The van der Waals surface area contributed by atoms with Gasteiger partial charge in [-0.05, 0) is 31.3 Å². The van der Waals surface area contributed by atoms with Crippen molar-refractivity contribution in [3.05, 3.63) is 22.2 Å². The molecule has 0 aromatic heterocycles. The van der Waals surface area contributed by atoms with Crippen LogP contribution in [0.15, 0.2) is 22.2 Å². The van der Waals surface area contributed by atoms with Crippen molar-refractivity contribution in [2.45, 2.75) is 20.8 Å². The molecule has 0 fully saturated rings. The molecule has 8 heavy (non-hydrogen) atoms. The monoisotopic (exact) mass is 174 g/mol. The summed E-state index contributed by atoms with van der Waals surface area (Å²) in [6, 6.07) is 0. The van der Waals surface area contributed by atoms with Gasteiger partial charge in [-0.15, -0.1) is 0 Å². The predicted molar refractivity (Wildman–Crippen MR) is 42.1 cm³/mol. The molecule has 0 nitrogen and oxygen atoms in total. The first-order chi connectivity index (χ1) is 3.66. The summed E-state index contributed by atoms with van der Waals surface area (Å²) in [4.78, 5) is 0. The maximum atomic E-state index is 3.34. The first-order valence-corrected chi connectivity index (χ1v) is 3.43. The molecule has 0 heterocycles. The van der Waals surface area contributed by atoms with E-state index in [0.29, 0.717) is 0 Å². The number of rotatable bonds is 1. The summed E-state index contributed by atoms with van der Waals surface area (Å²) in [7, 11) is 0. The van der Waals surface area contributed by atoms with E-state index in [1.165, 1.54) is 10.1 Å². The van der Waals surface area contributed by atoms with Crippen molar-refractivity contribution in [3.63, 3.8) is 0 Å². The van der Waals surface area contributed by atoms with Crippen LogP contribution in [0.1, 0.15) is 20.8 Å². The molecule has 0 saturated carbocycles. The van der Waals surface area contributed by atoms with Gasteiger partial charge in [0.1, 0.15) is 0 Å². The van der Waals surface area contributed by atoms with Gasteiger partial charge in [0.25, 0.3) is 0 Å². The van der Waals surface area contributed by atoms with Crippen LogP contribution in [0.5, 0.6) is 0 Å². The molecule has 1 heteroatoms. The molecule has 0 aromatic carbocycles. The van der Waals surface area contributed by atoms with Gasteiger partial charge in [-0.2, -0.15) is 0 Å². The van der Waals surface area contributed by atoms with Crippen LogP contribution in [0, 0.1) is 0 Å². The molecule has 0 amide bonds. The summed E-state index contributed by atoms with van der Waals surface area (Å²) >= 11 is 3.34. The van der Waals surface area contributed by atoms with E-state index in [1.807, 2.05) is 13.8 Å². The maximum absolute atomic E-state index is 3.34. The van der Waals surface area contributed by atoms with Gasteiger partial charge in [-0.3, -0.25) is 0 Å². The van der Waals surface area contributed by atoms with E-state index in [9.17, 15) is 0 Å². The fourth-order valence-corrected chi connectivity index (χ4v) is 0.758. The highest BCUT2D eigenvalue weighted by molar-refractivity contribution is 9.11. The zero-order valence-electron chi connectivity index (χ0n) is 5.53. The topological polar surface area (TPSA) is 0 Å². The summed E-state index contributed by atoms with van der Waals surface area (Å²) in [5, 5.41) is 0. The third-order valence-electron chi connectivity index (χ3n) is 0.882. The second kappa shape index (κ2) is 3.90. The SMILES string of the molecule is CC=C(C)C=C(C)Br. The highest BCUT2D eigenvalue weighted by Crippen LogP contribution is 2.06. The van der Waals surface area contributed by atoms with E-state index in [4.69, 9.17) is 0 Å². The summed E-state index contributed by atoms with van der Waals surface area (Å²) in [5.41, 5.74) is 1.29. The second-order valence-electron chi connectivity index (χ2n) is 1.76. The zero-order chi connectivity index (χ0) is 6.57. The fourth-order valence-electron chi connectivity index (χ4n) is 0.397. The third-order valence-corrected chi connectivity index (χ3v) is 1.11. The minimum Gasteiger partial charge on any atom is -0.0847 e. The van der Waals surface area contributed by atoms with Crippen molar-refractivity contribution in [3.8, 4) is 0 Å². The summed E-state index contributed by atoms with van der Waals surface area (Å²) < 4.78 is 1.17. The smallest absolute Gasteiger partial charge is 0.00779 e. The van der Waals surface area contributed by atoms with Gasteiger partial charge in [0.2, 0.25) is 0 Å². The molecule has 0 N–H and O–H groups in total. The minimum absolute atomic E-state index is 1.17. The van der Waals surface area contributed by atoms with Crippen molar-refractivity contribution in [2.24, 2.45) is 0 Å². The van der Waals surface area contributed by atoms with Crippen LogP contribution in [0.4, 0.5) is 0 Å². The third kappa shape index (κ3) is 4.13. The lowest BCUT2D eigenvalue weighted by molar-refractivity contribution is 1.46. The van der Waals surface area contributed by atoms with Crippen molar-refractivity contribution in [1.29, 1.82) is 0 Å². The fraction of sp³-hybridized carbons (Fsp3) is 0.429. The van der Waals surface area contributed by atoms with Crippen LogP contribution in [0.25, 0.3) is 0 Å². The van der Waals surface area contributed by atoms with Gasteiger partial charge in [-0.1, -0.05) is 27.6 Å². The van der Waals surface area contributed by atoms with E-state index in [0.717, 1.165) is 0 Å². The van der Waals surface area contributed by atoms with Gasteiger partial charge in [0.15, 0.2) is 0 Å². The first kappa shape index (κ1) is 7.96. The van der Waals surface area contributed by atoms with Crippen molar-refractivity contribution < 1.29 is 0 Å². The summed E-state index contributed by atoms with van der Waals surface area (Å²) in [5.74, 6) is 0. The molecule has 0 rings (SSSR count). The van der Waals surface area contributed by atoms with E-state index >= 15 is 0 Å². The summed E-state index contributed by atoms with van der Waals surface area (Å²) in [6.07, 6.45) is 4.16. The lowest BCUT2D eigenvalue weighted by Gasteiger charge is -1.87. The molecule has 46 valence electrons. The van der Waals surface area contributed by atoms with Crippen LogP contribution in [0.3, 0.4) is 0 Å². The Kier molecular flexibility index (Phi) is 3.88. The Hall–Kier alpha value is -0.0400.